The lowest BCUT2D eigenvalue weighted by molar-refractivity contribution is 0.0734. The summed E-state index contributed by atoms with van der Waals surface area (Å²) >= 11 is 0. The first kappa shape index (κ1) is 19.3. The minimum absolute atomic E-state index is 0.0120. The van der Waals surface area contributed by atoms with Gasteiger partial charge in [-0.3, -0.25) is 9.59 Å². The van der Waals surface area contributed by atoms with Crippen LogP contribution < -0.4 is 9.47 Å². The molecule has 1 saturated heterocycles. The molecule has 0 spiro atoms. The Morgan fingerprint density at radius 1 is 0.793 bits per heavy atom. The minimum atomic E-state index is -0.0542. The highest BCUT2D eigenvalue weighted by Gasteiger charge is 2.25. The second-order valence-corrected chi connectivity index (χ2v) is 7.53. The van der Waals surface area contributed by atoms with Gasteiger partial charge in [0.15, 0.2) is 11.5 Å². The van der Waals surface area contributed by atoms with E-state index in [4.69, 9.17) is 9.47 Å². The van der Waals surface area contributed by atoms with Crippen LogP contribution in [-0.4, -0.2) is 55.5 Å². The number of hydrogen-bond acceptors (Lipinski definition) is 4. The summed E-state index contributed by atoms with van der Waals surface area (Å²) in [7, 11) is 3.23. The first-order chi connectivity index (χ1) is 14.1. The Balaban J connectivity index is 1.53. The van der Waals surface area contributed by atoms with Gasteiger partial charge in [0.1, 0.15) is 0 Å². The van der Waals surface area contributed by atoms with E-state index in [1.807, 2.05) is 21.9 Å². The molecule has 2 aliphatic heterocycles. The first-order valence-electron chi connectivity index (χ1n) is 10.0. The van der Waals surface area contributed by atoms with Crippen LogP contribution >= 0.6 is 0 Å². The summed E-state index contributed by atoms with van der Waals surface area (Å²) in [5.41, 5.74) is 3.37. The fraction of sp³-hybridized carbons (Fsp3) is 0.391. The molecule has 2 aliphatic rings. The molecule has 29 heavy (non-hydrogen) atoms. The van der Waals surface area contributed by atoms with Gasteiger partial charge in [0.25, 0.3) is 11.8 Å². The monoisotopic (exact) mass is 394 g/mol. The molecule has 0 aromatic heterocycles. The van der Waals surface area contributed by atoms with Crippen molar-refractivity contribution in [3.63, 3.8) is 0 Å². The van der Waals surface area contributed by atoms with Gasteiger partial charge in [0.05, 0.1) is 14.2 Å². The van der Waals surface area contributed by atoms with E-state index in [9.17, 15) is 9.59 Å². The van der Waals surface area contributed by atoms with Gasteiger partial charge in [-0.15, -0.1) is 0 Å². The van der Waals surface area contributed by atoms with Gasteiger partial charge in [-0.1, -0.05) is 6.07 Å². The van der Waals surface area contributed by atoms with Gasteiger partial charge in [0, 0.05) is 37.3 Å². The number of carbonyl (C=O) groups is 2. The summed E-state index contributed by atoms with van der Waals surface area (Å²) in [6.45, 7) is 2.74. The Bertz CT molecular complexity index is 934. The number of carbonyl (C=O) groups excluding carboxylic acids is 2. The van der Waals surface area contributed by atoms with Gasteiger partial charge in [0.2, 0.25) is 0 Å². The third kappa shape index (κ3) is 3.79. The second kappa shape index (κ2) is 8.15. The highest BCUT2D eigenvalue weighted by Crippen LogP contribution is 2.33. The van der Waals surface area contributed by atoms with E-state index in [1.165, 1.54) is 5.56 Å². The molecule has 0 N–H and O–H groups in total. The van der Waals surface area contributed by atoms with Gasteiger partial charge in [-0.2, -0.15) is 0 Å². The van der Waals surface area contributed by atoms with Crippen LogP contribution in [0, 0.1) is 0 Å². The van der Waals surface area contributed by atoms with Crippen molar-refractivity contribution in [3.8, 4) is 11.5 Å². The maximum absolute atomic E-state index is 13.1. The Hall–Kier alpha value is -3.02. The van der Waals surface area contributed by atoms with E-state index in [1.54, 1.807) is 38.5 Å². The molecular weight excluding hydrogens is 368 g/mol. The fourth-order valence-corrected chi connectivity index (χ4v) is 4.13. The zero-order valence-electron chi connectivity index (χ0n) is 16.9. The van der Waals surface area contributed by atoms with Crippen molar-refractivity contribution in [1.29, 1.82) is 0 Å². The Kier molecular flexibility index (Phi) is 5.43. The summed E-state index contributed by atoms with van der Waals surface area (Å²) < 4.78 is 10.8. The van der Waals surface area contributed by atoms with Gasteiger partial charge < -0.3 is 19.3 Å². The zero-order chi connectivity index (χ0) is 20.4. The lowest BCUT2D eigenvalue weighted by Gasteiger charge is -2.30. The fourth-order valence-electron chi connectivity index (χ4n) is 4.13. The number of methoxy groups -OCH3 is 2. The number of nitrogens with zero attached hydrogens (tertiary/aromatic N) is 2. The Morgan fingerprint density at radius 2 is 1.38 bits per heavy atom. The van der Waals surface area contributed by atoms with Crippen molar-refractivity contribution in [3.05, 3.63) is 58.7 Å². The van der Waals surface area contributed by atoms with Crippen molar-refractivity contribution in [1.82, 2.24) is 9.80 Å². The molecule has 0 radical (unpaired) electrons. The molecule has 6 nitrogen and oxygen atoms in total. The molecule has 0 unspecified atom stereocenters. The predicted octanol–water partition coefficient (Wildman–Crippen LogP) is 3.14. The van der Waals surface area contributed by atoms with Crippen LogP contribution in [0.3, 0.4) is 0 Å². The van der Waals surface area contributed by atoms with Crippen LogP contribution in [0.25, 0.3) is 0 Å². The lowest BCUT2D eigenvalue weighted by atomic mass is 9.98. The van der Waals surface area contributed by atoms with Crippen molar-refractivity contribution in [2.75, 3.05) is 33.9 Å². The quantitative estimate of drug-likeness (QED) is 0.799. The van der Waals surface area contributed by atoms with Crippen LogP contribution in [0.5, 0.6) is 11.5 Å². The summed E-state index contributed by atoms with van der Waals surface area (Å²) in [4.78, 5) is 29.5. The van der Waals surface area contributed by atoms with E-state index in [0.717, 1.165) is 37.9 Å². The summed E-state index contributed by atoms with van der Waals surface area (Å²) in [5.74, 6) is 1.33. The third-order valence-electron chi connectivity index (χ3n) is 5.76. The molecule has 2 heterocycles. The SMILES string of the molecule is COc1cc2c(cc1OC)CN(C(=O)c1cccc(C(=O)N3CCCC3)c1)CC2. The van der Waals surface area contributed by atoms with E-state index in [2.05, 4.69) is 0 Å². The van der Waals surface area contributed by atoms with Gasteiger partial charge in [-0.25, -0.2) is 0 Å². The van der Waals surface area contributed by atoms with E-state index in [-0.39, 0.29) is 11.8 Å². The summed E-state index contributed by atoms with van der Waals surface area (Å²) in [6, 6.07) is 11.0. The summed E-state index contributed by atoms with van der Waals surface area (Å²) in [6.07, 6.45) is 2.85. The van der Waals surface area contributed by atoms with Crippen LogP contribution in [0.4, 0.5) is 0 Å². The number of fused-ring (bicyclic) bond motifs is 1. The topological polar surface area (TPSA) is 59.1 Å². The first-order valence-corrected chi connectivity index (χ1v) is 10.0. The van der Waals surface area contributed by atoms with E-state index in [0.29, 0.717) is 35.7 Å². The maximum Gasteiger partial charge on any atom is 0.254 e. The Morgan fingerprint density at radius 3 is 2.00 bits per heavy atom. The highest BCUT2D eigenvalue weighted by atomic mass is 16.5. The van der Waals surface area contributed by atoms with Crippen LogP contribution in [0.2, 0.25) is 0 Å². The van der Waals surface area contributed by atoms with E-state index >= 15 is 0 Å². The molecule has 0 saturated carbocycles. The van der Waals surface area contributed by atoms with Crippen molar-refractivity contribution < 1.29 is 19.1 Å². The normalized spacial score (nSPS) is 15.8. The van der Waals surface area contributed by atoms with E-state index < -0.39 is 0 Å². The third-order valence-corrected chi connectivity index (χ3v) is 5.76. The molecule has 0 atom stereocenters. The number of ether oxygens (including phenoxy) is 2. The molecule has 152 valence electrons. The molecule has 2 amide bonds. The van der Waals surface area contributed by atoms with Crippen LogP contribution in [0.1, 0.15) is 44.7 Å². The Labute approximate surface area is 171 Å². The standard InChI is InChI=1S/C23H26N2O4/c1-28-20-13-16-8-11-25(15-19(16)14-21(20)29-2)23(27)18-7-5-6-17(12-18)22(26)24-9-3-4-10-24/h5-7,12-14H,3-4,8-11,15H2,1-2H3. The zero-order valence-corrected chi connectivity index (χ0v) is 16.9. The molecule has 2 aromatic carbocycles. The van der Waals surface area contributed by atoms with Crippen LogP contribution in [-0.2, 0) is 13.0 Å². The average Bonchev–Trinajstić information content (AvgIpc) is 3.31. The average molecular weight is 394 g/mol. The molecule has 1 fully saturated rings. The largest absolute Gasteiger partial charge is 0.493 e. The molecule has 4 rings (SSSR count). The number of benzene rings is 2. The molecule has 0 bridgehead atoms. The van der Waals surface area contributed by atoms with Gasteiger partial charge >= 0.3 is 0 Å². The highest BCUT2D eigenvalue weighted by molar-refractivity contribution is 5.99. The smallest absolute Gasteiger partial charge is 0.254 e. The molecule has 0 aliphatic carbocycles. The number of hydrogen-bond donors (Lipinski definition) is 0. The number of rotatable bonds is 4. The number of likely N-dealkylation sites (tertiary alicyclic amines) is 1. The lowest BCUT2D eigenvalue weighted by Crippen LogP contribution is -2.36. The summed E-state index contributed by atoms with van der Waals surface area (Å²) in [5, 5.41) is 0. The molecular formula is C23H26N2O4. The van der Waals surface area contributed by atoms with Gasteiger partial charge in [-0.05, 0) is 60.7 Å². The van der Waals surface area contributed by atoms with Crippen LogP contribution in [0.15, 0.2) is 36.4 Å². The maximum atomic E-state index is 13.1. The molecule has 6 heteroatoms. The predicted molar refractivity (Wildman–Crippen MR) is 110 cm³/mol. The number of amides is 2. The minimum Gasteiger partial charge on any atom is -0.493 e. The second-order valence-electron chi connectivity index (χ2n) is 7.53. The van der Waals surface area contributed by atoms with Crippen molar-refractivity contribution in [2.24, 2.45) is 0 Å². The van der Waals surface area contributed by atoms with Crippen molar-refractivity contribution in [2.45, 2.75) is 25.8 Å². The molecule has 2 aromatic rings. The van der Waals surface area contributed by atoms with Crippen molar-refractivity contribution >= 4 is 11.8 Å².